The van der Waals surface area contributed by atoms with Crippen molar-refractivity contribution in [1.29, 1.82) is 0 Å². The van der Waals surface area contributed by atoms with Crippen LogP contribution in [-0.4, -0.2) is 31.8 Å². The van der Waals surface area contributed by atoms with Crippen molar-refractivity contribution < 1.29 is 23.8 Å². The van der Waals surface area contributed by atoms with Crippen LogP contribution >= 0.6 is 0 Å². The molecule has 116 valence electrons. The molecular weight excluding hydrogens is 277 g/mol. The second kappa shape index (κ2) is 6.30. The molecule has 21 heavy (non-hydrogen) atoms. The van der Waals surface area contributed by atoms with E-state index in [1.165, 1.54) is 21.1 Å². The van der Waals surface area contributed by atoms with E-state index in [4.69, 9.17) is 14.6 Å². The molecule has 0 bridgehead atoms. The number of halogens is 1. The summed E-state index contributed by atoms with van der Waals surface area (Å²) in [5.41, 5.74) is 1.23. The van der Waals surface area contributed by atoms with Gasteiger partial charge in [0, 0.05) is 18.2 Å². The number of hydrogen-bond acceptors (Lipinski definition) is 4. The quantitative estimate of drug-likeness (QED) is 0.874. The molecule has 6 heteroatoms. The zero-order chi connectivity index (χ0) is 15.6. The SMILES string of the molecule is COc1cc(C2CC(C(=O)O)CN2)cc(C(C)F)c1OC. The smallest absolute Gasteiger partial charge is 0.307 e. The number of carbonyl (C=O) groups is 1. The number of hydrogen-bond donors (Lipinski definition) is 2. The molecule has 0 saturated carbocycles. The van der Waals surface area contributed by atoms with Gasteiger partial charge in [-0.25, -0.2) is 4.39 Å². The minimum atomic E-state index is -1.20. The molecule has 3 unspecified atom stereocenters. The van der Waals surface area contributed by atoms with Crippen molar-refractivity contribution in [1.82, 2.24) is 5.32 Å². The first-order valence-corrected chi connectivity index (χ1v) is 6.84. The maximum absolute atomic E-state index is 13.8. The van der Waals surface area contributed by atoms with Crippen molar-refractivity contribution in [2.45, 2.75) is 25.6 Å². The molecular formula is C15H20FNO4. The molecule has 1 aliphatic heterocycles. The summed E-state index contributed by atoms with van der Waals surface area (Å²) in [4.78, 5) is 11.0. The average molecular weight is 297 g/mol. The van der Waals surface area contributed by atoms with Crippen LogP contribution in [-0.2, 0) is 4.79 Å². The highest BCUT2D eigenvalue weighted by molar-refractivity contribution is 5.71. The number of alkyl halides is 1. The van der Waals surface area contributed by atoms with Gasteiger partial charge in [0.1, 0.15) is 6.17 Å². The molecule has 5 nitrogen and oxygen atoms in total. The number of carboxylic acids is 1. The molecule has 0 aliphatic carbocycles. The van der Waals surface area contributed by atoms with E-state index in [9.17, 15) is 9.18 Å². The number of methoxy groups -OCH3 is 2. The number of benzene rings is 1. The Bertz CT molecular complexity index is 533. The Morgan fingerprint density at radius 2 is 2.14 bits per heavy atom. The van der Waals surface area contributed by atoms with Gasteiger partial charge in [-0.1, -0.05) is 0 Å². The summed E-state index contributed by atoms with van der Waals surface area (Å²) in [5.74, 6) is -0.405. The van der Waals surface area contributed by atoms with E-state index < -0.39 is 18.1 Å². The third-order valence-corrected chi connectivity index (χ3v) is 3.84. The lowest BCUT2D eigenvalue weighted by Gasteiger charge is -2.19. The van der Waals surface area contributed by atoms with Gasteiger partial charge in [-0.2, -0.15) is 0 Å². The number of rotatable bonds is 5. The summed E-state index contributed by atoms with van der Waals surface area (Å²) in [5, 5.41) is 12.2. The Balaban J connectivity index is 2.37. The third-order valence-electron chi connectivity index (χ3n) is 3.84. The minimum Gasteiger partial charge on any atom is -0.493 e. The highest BCUT2D eigenvalue weighted by Gasteiger charge is 2.31. The van der Waals surface area contributed by atoms with Gasteiger partial charge in [0.15, 0.2) is 11.5 Å². The first-order chi connectivity index (χ1) is 9.97. The lowest BCUT2D eigenvalue weighted by atomic mass is 9.96. The zero-order valence-corrected chi connectivity index (χ0v) is 12.4. The summed E-state index contributed by atoms with van der Waals surface area (Å²) in [7, 11) is 2.97. The van der Waals surface area contributed by atoms with Crippen LogP contribution in [0.25, 0.3) is 0 Å². The van der Waals surface area contributed by atoms with Crippen LogP contribution in [0.15, 0.2) is 12.1 Å². The van der Waals surface area contributed by atoms with E-state index >= 15 is 0 Å². The molecule has 1 fully saturated rings. The van der Waals surface area contributed by atoms with Crippen molar-refractivity contribution in [3.05, 3.63) is 23.3 Å². The number of carboxylic acid groups (broad SMARTS) is 1. The first-order valence-electron chi connectivity index (χ1n) is 6.84. The maximum Gasteiger partial charge on any atom is 0.307 e. The van der Waals surface area contributed by atoms with Crippen molar-refractivity contribution >= 4 is 5.97 Å². The lowest BCUT2D eigenvalue weighted by molar-refractivity contribution is -0.141. The monoisotopic (exact) mass is 297 g/mol. The van der Waals surface area contributed by atoms with E-state index in [0.29, 0.717) is 30.0 Å². The van der Waals surface area contributed by atoms with Gasteiger partial charge in [-0.15, -0.1) is 0 Å². The summed E-state index contributed by atoms with van der Waals surface area (Å²) in [6.07, 6.45) is -0.726. The Hall–Kier alpha value is -1.82. The van der Waals surface area contributed by atoms with Crippen LogP contribution in [0.3, 0.4) is 0 Å². The van der Waals surface area contributed by atoms with Crippen LogP contribution in [0.5, 0.6) is 11.5 Å². The van der Waals surface area contributed by atoms with E-state index in [2.05, 4.69) is 5.32 Å². The second-order valence-electron chi connectivity index (χ2n) is 5.19. The molecule has 3 atom stereocenters. The minimum absolute atomic E-state index is 0.122. The lowest BCUT2D eigenvalue weighted by Crippen LogP contribution is -2.17. The summed E-state index contributed by atoms with van der Waals surface area (Å²) < 4.78 is 24.3. The van der Waals surface area contributed by atoms with Gasteiger partial charge in [-0.3, -0.25) is 4.79 Å². The normalized spacial score (nSPS) is 22.9. The standard InChI is InChI=1S/C15H20FNO4/c1-8(16)11-4-9(6-13(20-2)14(11)21-3)12-5-10(7-17-12)15(18)19/h4,6,8,10,12,17H,5,7H2,1-3H3,(H,18,19). The maximum atomic E-state index is 13.8. The molecule has 0 spiro atoms. The number of nitrogens with one attached hydrogen (secondary N) is 1. The molecule has 2 rings (SSSR count). The van der Waals surface area contributed by atoms with Crippen molar-refractivity contribution in [2.24, 2.45) is 5.92 Å². The van der Waals surface area contributed by atoms with E-state index in [-0.39, 0.29) is 6.04 Å². The molecule has 1 saturated heterocycles. The van der Waals surface area contributed by atoms with Gasteiger partial charge in [0.25, 0.3) is 0 Å². The number of ether oxygens (including phenoxy) is 2. The Labute approximate surface area is 123 Å². The first kappa shape index (κ1) is 15.6. The fourth-order valence-electron chi connectivity index (χ4n) is 2.69. The van der Waals surface area contributed by atoms with Gasteiger partial charge in [-0.05, 0) is 31.0 Å². The average Bonchev–Trinajstić information content (AvgIpc) is 2.95. The van der Waals surface area contributed by atoms with Crippen LogP contribution in [0, 0.1) is 5.92 Å². The summed E-state index contributed by atoms with van der Waals surface area (Å²) in [6.45, 7) is 1.85. The van der Waals surface area contributed by atoms with E-state index in [1.54, 1.807) is 12.1 Å². The second-order valence-corrected chi connectivity index (χ2v) is 5.19. The molecule has 1 aromatic carbocycles. The fourth-order valence-corrected chi connectivity index (χ4v) is 2.69. The molecule has 1 aliphatic rings. The van der Waals surface area contributed by atoms with Gasteiger partial charge < -0.3 is 19.9 Å². The van der Waals surface area contributed by atoms with Crippen LogP contribution in [0.2, 0.25) is 0 Å². The topological polar surface area (TPSA) is 67.8 Å². The largest absolute Gasteiger partial charge is 0.493 e. The van der Waals surface area contributed by atoms with Crippen molar-refractivity contribution in [3.63, 3.8) is 0 Å². The summed E-state index contributed by atoms with van der Waals surface area (Å²) in [6, 6.07) is 3.36. The van der Waals surface area contributed by atoms with Crippen molar-refractivity contribution in [3.8, 4) is 11.5 Å². The highest BCUT2D eigenvalue weighted by atomic mass is 19.1. The molecule has 0 radical (unpaired) electrons. The molecule has 0 aromatic heterocycles. The summed E-state index contributed by atoms with van der Waals surface area (Å²) >= 11 is 0. The van der Waals surface area contributed by atoms with Crippen LogP contribution < -0.4 is 14.8 Å². The van der Waals surface area contributed by atoms with Gasteiger partial charge in [0.05, 0.1) is 20.1 Å². The van der Waals surface area contributed by atoms with E-state index in [1.807, 2.05) is 0 Å². The Morgan fingerprint density at radius 1 is 1.43 bits per heavy atom. The third kappa shape index (κ3) is 3.10. The number of aliphatic carboxylic acids is 1. The molecule has 1 aromatic rings. The zero-order valence-electron chi connectivity index (χ0n) is 12.4. The predicted octanol–water partition coefficient (Wildman–Crippen LogP) is 2.47. The fraction of sp³-hybridized carbons (Fsp3) is 0.533. The Kier molecular flexibility index (Phi) is 4.67. The Morgan fingerprint density at radius 3 is 2.62 bits per heavy atom. The van der Waals surface area contributed by atoms with E-state index in [0.717, 1.165) is 5.56 Å². The molecule has 0 amide bonds. The van der Waals surface area contributed by atoms with Crippen LogP contribution in [0.1, 0.15) is 36.7 Å². The predicted molar refractivity (Wildman–Crippen MR) is 75.6 cm³/mol. The van der Waals surface area contributed by atoms with Crippen molar-refractivity contribution in [2.75, 3.05) is 20.8 Å². The van der Waals surface area contributed by atoms with Gasteiger partial charge in [0.2, 0.25) is 0 Å². The highest BCUT2D eigenvalue weighted by Crippen LogP contribution is 2.40. The van der Waals surface area contributed by atoms with Crippen LogP contribution in [0.4, 0.5) is 4.39 Å². The molecule has 2 N–H and O–H groups in total. The van der Waals surface area contributed by atoms with Gasteiger partial charge >= 0.3 is 5.97 Å². The molecule has 1 heterocycles.